The van der Waals surface area contributed by atoms with Gasteiger partial charge in [-0.05, 0) is 32.3 Å². The summed E-state index contributed by atoms with van der Waals surface area (Å²) in [5, 5.41) is 13.9. The fourth-order valence-corrected chi connectivity index (χ4v) is 3.84. The van der Waals surface area contributed by atoms with Crippen LogP contribution in [0.15, 0.2) is 30.6 Å². The number of carbonyl (C=O) groups is 1. The second-order valence-electron chi connectivity index (χ2n) is 7.21. The molecule has 6 heteroatoms. The van der Waals surface area contributed by atoms with E-state index < -0.39 is 0 Å². The van der Waals surface area contributed by atoms with E-state index in [1.165, 1.54) is 24.0 Å². The first-order valence-corrected chi connectivity index (χ1v) is 8.96. The molecule has 1 unspecified atom stereocenters. The molecule has 2 N–H and O–H groups in total. The van der Waals surface area contributed by atoms with Crippen LogP contribution < -0.4 is 10.6 Å². The zero-order valence-corrected chi connectivity index (χ0v) is 15.2. The molecule has 0 saturated heterocycles. The summed E-state index contributed by atoms with van der Waals surface area (Å²) in [5.74, 6) is 0.740. The molecule has 0 bridgehead atoms. The van der Waals surface area contributed by atoms with Gasteiger partial charge in [-0.3, -0.25) is 0 Å². The van der Waals surface area contributed by atoms with Crippen LogP contribution in [-0.4, -0.2) is 27.3 Å². The molecule has 134 valence electrons. The molecule has 1 fully saturated rings. The number of benzene rings is 1. The Morgan fingerprint density at radius 2 is 2.12 bits per heavy atom. The fourth-order valence-electron chi connectivity index (χ4n) is 3.84. The molecule has 6 nitrogen and oxygen atoms in total. The minimum Gasteiger partial charge on any atom is -0.337 e. The lowest BCUT2D eigenvalue weighted by molar-refractivity contribution is 0.233. The lowest BCUT2D eigenvalue weighted by Crippen LogP contribution is -2.44. The quantitative estimate of drug-likeness (QED) is 0.878. The lowest BCUT2D eigenvalue weighted by Gasteiger charge is -2.30. The third-order valence-electron chi connectivity index (χ3n) is 5.26. The number of carbonyl (C=O) groups excluding carboxylic acids is 1. The summed E-state index contributed by atoms with van der Waals surface area (Å²) in [5.41, 5.74) is 2.66. The van der Waals surface area contributed by atoms with Gasteiger partial charge in [0.15, 0.2) is 5.82 Å². The Labute approximate surface area is 149 Å². The van der Waals surface area contributed by atoms with Gasteiger partial charge in [0.2, 0.25) is 0 Å². The Bertz CT molecular complexity index is 733. The summed E-state index contributed by atoms with van der Waals surface area (Å²) in [6, 6.07) is 8.34. The van der Waals surface area contributed by atoms with Crippen molar-refractivity contribution in [2.24, 2.45) is 7.05 Å². The first-order chi connectivity index (χ1) is 12.0. The molecule has 2 aromatic rings. The van der Waals surface area contributed by atoms with Gasteiger partial charge in [-0.15, -0.1) is 10.2 Å². The van der Waals surface area contributed by atoms with Gasteiger partial charge in [0.25, 0.3) is 0 Å². The number of urea groups is 1. The van der Waals surface area contributed by atoms with Crippen molar-refractivity contribution in [3.8, 4) is 0 Å². The number of hydrogen-bond acceptors (Lipinski definition) is 3. The molecule has 0 radical (unpaired) electrons. The molecule has 1 heterocycles. The molecule has 0 aliphatic heterocycles. The van der Waals surface area contributed by atoms with Gasteiger partial charge in [0.05, 0.1) is 6.04 Å². The number of aryl methyl sites for hydroxylation is 2. The van der Waals surface area contributed by atoms with E-state index in [9.17, 15) is 4.79 Å². The third kappa shape index (κ3) is 3.83. The summed E-state index contributed by atoms with van der Waals surface area (Å²) in [4.78, 5) is 12.4. The van der Waals surface area contributed by atoms with Crippen LogP contribution >= 0.6 is 0 Å². The van der Waals surface area contributed by atoms with Crippen LogP contribution in [0.4, 0.5) is 4.79 Å². The Hall–Kier alpha value is -2.37. The minimum absolute atomic E-state index is 0.0530. The molecule has 3 rings (SSSR count). The van der Waals surface area contributed by atoms with E-state index in [-0.39, 0.29) is 17.5 Å². The Morgan fingerprint density at radius 1 is 1.36 bits per heavy atom. The van der Waals surface area contributed by atoms with Crippen LogP contribution in [0.5, 0.6) is 0 Å². The maximum absolute atomic E-state index is 12.4. The second kappa shape index (κ2) is 7.25. The van der Waals surface area contributed by atoms with Crippen LogP contribution in [-0.2, 0) is 12.5 Å². The van der Waals surface area contributed by atoms with E-state index in [0.29, 0.717) is 6.54 Å². The summed E-state index contributed by atoms with van der Waals surface area (Å²) >= 11 is 0. The van der Waals surface area contributed by atoms with E-state index in [1.54, 1.807) is 6.33 Å². The minimum atomic E-state index is -0.189. The molecule has 1 aliphatic carbocycles. The number of hydrogen-bond donors (Lipinski definition) is 2. The normalized spacial score (nSPS) is 17.2. The van der Waals surface area contributed by atoms with Crippen molar-refractivity contribution in [3.63, 3.8) is 0 Å². The van der Waals surface area contributed by atoms with E-state index in [1.807, 2.05) is 18.5 Å². The second-order valence-corrected chi connectivity index (χ2v) is 7.21. The van der Waals surface area contributed by atoms with Gasteiger partial charge in [-0.25, -0.2) is 4.79 Å². The topological polar surface area (TPSA) is 71.8 Å². The third-order valence-corrected chi connectivity index (χ3v) is 5.26. The van der Waals surface area contributed by atoms with Gasteiger partial charge in [-0.2, -0.15) is 0 Å². The van der Waals surface area contributed by atoms with Crippen molar-refractivity contribution in [3.05, 3.63) is 47.5 Å². The van der Waals surface area contributed by atoms with E-state index in [2.05, 4.69) is 52.0 Å². The van der Waals surface area contributed by atoms with Crippen molar-refractivity contribution in [2.75, 3.05) is 6.54 Å². The van der Waals surface area contributed by atoms with Crippen LogP contribution in [0.25, 0.3) is 0 Å². The van der Waals surface area contributed by atoms with E-state index in [0.717, 1.165) is 18.7 Å². The fraction of sp³-hybridized carbons (Fsp3) is 0.526. The SMILES string of the molecule is Cc1cccc(C2(CNC(=O)NC(C)c3nncn3C)CCCC2)c1. The van der Waals surface area contributed by atoms with Crippen molar-refractivity contribution in [2.45, 2.75) is 51.0 Å². The molecular formula is C19H27N5O. The number of aromatic nitrogens is 3. The lowest BCUT2D eigenvalue weighted by atomic mass is 9.78. The molecule has 1 saturated carbocycles. The Morgan fingerprint density at radius 3 is 2.76 bits per heavy atom. The number of amides is 2. The molecule has 25 heavy (non-hydrogen) atoms. The molecule has 2 amide bonds. The highest BCUT2D eigenvalue weighted by molar-refractivity contribution is 5.74. The molecule has 1 aliphatic rings. The standard InChI is InChI=1S/C19H27N5O/c1-14-7-6-8-16(11-14)19(9-4-5-10-19)12-20-18(25)22-15(2)17-23-21-13-24(17)3/h6-8,11,13,15H,4-5,9-10,12H2,1-3H3,(H2,20,22,25). The van der Waals surface area contributed by atoms with Gasteiger partial charge in [-0.1, -0.05) is 42.7 Å². The van der Waals surface area contributed by atoms with Gasteiger partial charge in [0.1, 0.15) is 6.33 Å². The van der Waals surface area contributed by atoms with Gasteiger partial charge < -0.3 is 15.2 Å². The highest BCUT2D eigenvalue weighted by Crippen LogP contribution is 2.40. The Balaban J connectivity index is 1.64. The first kappa shape index (κ1) is 17.5. The average molecular weight is 341 g/mol. The van der Waals surface area contributed by atoms with E-state index in [4.69, 9.17) is 0 Å². The van der Waals surface area contributed by atoms with Crippen molar-refractivity contribution in [1.29, 1.82) is 0 Å². The van der Waals surface area contributed by atoms with Crippen LogP contribution in [0.1, 0.15) is 55.6 Å². The first-order valence-electron chi connectivity index (χ1n) is 8.96. The predicted octanol–water partition coefficient (Wildman–Crippen LogP) is 3.00. The largest absolute Gasteiger partial charge is 0.337 e. The number of rotatable bonds is 5. The zero-order valence-electron chi connectivity index (χ0n) is 15.2. The monoisotopic (exact) mass is 341 g/mol. The molecule has 1 aromatic carbocycles. The van der Waals surface area contributed by atoms with Crippen molar-refractivity contribution < 1.29 is 4.79 Å². The maximum atomic E-state index is 12.4. The molecular weight excluding hydrogens is 314 g/mol. The van der Waals surface area contributed by atoms with Crippen LogP contribution in [0.2, 0.25) is 0 Å². The molecule has 1 atom stereocenters. The van der Waals surface area contributed by atoms with Crippen LogP contribution in [0.3, 0.4) is 0 Å². The summed E-state index contributed by atoms with van der Waals surface area (Å²) in [7, 11) is 1.87. The molecule has 1 aromatic heterocycles. The Kier molecular flexibility index (Phi) is 5.06. The number of nitrogens with zero attached hydrogens (tertiary/aromatic N) is 3. The van der Waals surface area contributed by atoms with Crippen LogP contribution in [0, 0.1) is 6.92 Å². The van der Waals surface area contributed by atoms with Crippen molar-refractivity contribution >= 4 is 6.03 Å². The number of nitrogens with one attached hydrogen (secondary N) is 2. The highest BCUT2D eigenvalue weighted by Gasteiger charge is 2.36. The van der Waals surface area contributed by atoms with E-state index >= 15 is 0 Å². The van der Waals surface area contributed by atoms with Gasteiger partial charge >= 0.3 is 6.03 Å². The molecule has 0 spiro atoms. The zero-order chi connectivity index (χ0) is 17.9. The average Bonchev–Trinajstić information content (AvgIpc) is 3.22. The summed E-state index contributed by atoms with van der Waals surface area (Å²) in [6.45, 7) is 4.69. The predicted molar refractivity (Wildman–Crippen MR) is 97.3 cm³/mol. The van der Waals surface area contributed by atoms with Gasteiger partial charge in [0, 0.05) is 19.0 Å². The maximum Gasteiger partial charge on any atom is 0.315 e. The summed E-state index contributed by atoms with van der Waals surface area (Å²) in [6.07, 6.45) is 6.31. The van der Waals surface area contributed by atoms with Crippen molar-refractivity contribution in [1.82, 2.24) is 25.4 Å². The smallest absolute Gasteiger partial charge is 0.315 e. The summed E-state index contributed by atoms with van der Waals surface area (Å²) < 4.78 is 1.82. The highest BCUT2D eigenvalue weighted by atomic mass is 16.2.